The smallest absolute Gasteiger partial charge is 0.267 e. The number of carbonyl (C=O) groups excluding carboxylic acids is 1. The number of carbonyl (C=O) groups is 1. The lowest BCUT2D eigenvalue weighted by Crippen LogP contribution is -2.45. The molecular weight excluding hydrogens is 466 g/mol. The normalized spacial score (nSPS) is 14.1. The van der Waals surface area contributed by atoms with Crippen molar-refractivity contribution in [2.45, 2.75) is 48.4 Å². The molecule has 32 heavy (non-hydrogen) atoms. The third kappa shape index (κ3) is 5.97. The Hall–Kier alpha value is -2.67. The second kappa shape index (κ2) is 9.06. The minimum atomic E-state index is -5.09. The Labute approximate surface area is 179 Å². The van der Waals surface area contributed by atoms with E-state index in [2.05, 4.69) is 9.82 Å². The highest BCUT2D eigenvalue weighted by molar-refractivity contribution is 7.92. The van der Waals surface area contributed by atoms with E-state index in [1.54, 1.807) is 5.48 Å². The molecule has 0 saturated heterocycles. The molecule has 0 aliphatic carbocycles. The van der Waals surface area contributed by atoms with Crippen molar-refractivity contribution >= 4 is 15.7 Å². The van der Waals surface area contributed by atoms with E-state index in [9.17, 15) is 39.6 Å². The van der Waals surface area contributed by atoms with Crippen LogP contribution in [0.25, 0.3) is 0 Å². The number of hydroxylamine groups is 1. The molecule has 2 rings (SSSR count). The van der Waals surface area contributed by atoms with E-state index in [1.807, 2.05) is 0 Å². The number of nitrogens with one attached hydrogen (secondary N) is 1. The number of benzene rings is 1. The quantitative estimate of drug-likeness (QED) is 0.467. The van der Waals surface area contributed by atoms with Crippen molar-refractivity contribution in [3.8, 4) is 0 Å². The first kappa shape index (κ1) is 25.6. The first-order valence-corrected chi connectivity index (χ1v) is 10.4. The van der Waals surface area contributed by atoms with Crippen molar-refractivity contribution in [3.05, 3.63) is 59.9 Å². The summed E-state index contributed by atoms with van der Waals surface area (Å²) in [5.41, 5.74) is 0.236. The molecular formula is C19H18F6N2O4S. The van der Waals surface area contributed by atoms with Crippen molar-refractivity contribution in [2.24, 2.45) is 0 Å². The molecule has 0 bridgehead atoms. The zero-order valence-corrected chi connectivity index (χ0v) is 17.5. The number of aromatic nitrogens is 1. The van der Waals surface area contributed by atoms with Crippen LogP contribution in [0.15, 0.2) is 53.7 Å². The van der Waals surface area contributed by atoms with E-state index >= 15 is 0 Å². The van der Waals surface area contributed by atoms with Gasteiger partial charge in [-0.05, 0) is 44.2 Å². The summed E-state index contributed by atoms with van der Waals surface area (Å²) in [6.45, 7) is 1.85. The van der Waals surface area contributed by atoms with Gasteiger partial charge in [-0.15, -0.1) is 0 Å². The highest BCUT2D eigenvalue weighted by Crippen LogP contribution is 2.37. The molecule has 2 aromatic rings. The number of alkyl halides is 6. The van der Waals surface area contributed by atoms with Crippen molar-refractivity contribution < 1.29 is 44.4 Å². The van der Waals surface area contributed by atoms with E-state index in [1.165, 1.54) is 18.3 Å². The van der Waals surface area contributed by atoms with Gasteiger partial charge < -0.3 is 0 Å². The molecule has 1 heterocycles. The molecule has 1 unspecified atom stereocenters. The lowest BCUT2D eigenvalue weighted by Gasteiger charge is -2.30. The molecule has 0 radical (unpaired) electrons. The zero-order chi connectivity index (χ0) is 24.4. The molecule has 1 aromatic carbocycles. The van der Waals surface area contributed by atoms with Crippen LogP contribution in [-0.4, -0.2) is 36.3 Å². The molecule has 0 saturated carbocycles. The molecule has 1 atom stereocenters. The predicted molar refractivity (Wildman–Crippen MR) is 100.0 cm³/mol. The van der Waals surface area contributed by atoms with E-state index in [0.29, 0.717) is 12.1 Å². The van der Waals surface area contributed by atoms with Gasteiger partial charge in [0.25, 0.3) is 5.91 Å². The number of hydrogen-bond acceptors (Lipinski definition) is 5. The van der Waals surface area contributed by atoms with Gasteiger partial charge in [0.2, 0.25) is 0 Å². The highest BCUT2D eigenvalue weighted by atomic mass is 32.2. The SMILES string of the molecule is CC(C)(CC(ONC(=O)c1cccnc1)C(F)(F)F)S(=O)(=O)c1cccc(C(F)(F)F)c1. The second-order valence-corrected chi connectivity index (χ2v) is 9.90. The maximum Gasteiger partial charge on any atom is 0.417 e. The van der Waals surface area contributed by atoms with Crippen LogP contribution in [0.5, 0.6) is 0 Å². The number of nitrogens with zero attached hydrogens (tertiary/aromatic N) is 1. The van der Waals surface area contributed by atoms with Crippen molar-refractivity contribution in [2.75, 3.05) is 0 Å². The lowest BCUT2D eigenvalue weighted by atomic mass is 10.0. The summed E-state index contributed by atoms with van der Waals surface area (Å²) in [6.07, 6.45) is -11.5. The standard InChI is InChI=1S/C19H18F6N2O4S/c1-17(2,32(29,30)14-7-3-6-13(9-14)18(20,21)22)10-15(19(23,24)25)31-27-16(28)12-5-4-8-26-11-12/h3-9,11,15H,10H2,1-2H3,(H,27,28). The molecule has 6 nitrogen and oxygen atoms in total. The molecule has 0 spiro atoms. The molecule has 1 N–H and O–H groups in total. The maximum atomic E-state index is 13.5. The monoisotopic (exact) mass is 484 g/mol. The first-order chi connectivity index (χ1) is 14.6. The van der Waals surface area contributed by atoms with Crippen LogP contribution in [0.4, 0.5) is 26.3 Å². The third-order valence-electron chi connectivity index (χ3n) is 4.46. The second-order valence-electron chi connectivity index (χ2n) is 7.31. The summed E-state index contributed by atoms with van der Waals surface area (Å²) in [5, 5.41) is 0. The Morgan fingerprint density at radius 2 is 1.75 bits per heavy atom. The molecule has 0 aliphatic rings. The Balaban J connectivity index is 2.27. The van der Waals surface area contributed by atoms with Gasteiger partial charge >= 0.3 is 12.4 Å². The van der Waals surface area contributed by atoms with Gasteiger partial charge in [-0.1, -0.05) is 6.07 Å². The molecule has 176 valence electrons. The van der Waals surface area contributed by atoms with E-state index in [4.69, 9.17) is 0 Å². The fraction of sp³-hybridized carbons (Fsp3) is 0.368. The largest absolute Gasteiger partial charge is 0.417 e. The minimum Gasteiger partial charge on any atom is -0.267 e. The lowest BCUT2D eigenvalue weighted by molar-refractivity contribution is -0.235. The van der Waals surface area contributed by atoms with Crippen LogP contribution < -0.4 is 5.48 Å². The Kier molecular flexibility index (Phi) is 7.24. The Morgan fingerprint density at radius 1 is 1.09 bits per heavy atom. The van der Waals surface area contributed by atoms with Gasteiger partial charge in [0.05, 0.1) is 20.8 Å². The van der Waals surface area contributed by atoms with Crippen molar-refractivity contribution in [1.82, 2.24) is 10.5 Å². The van der Waals surface area contributed by atoms with E-state index in [0.717, 1.165) is 32.2 Å². The van der Waals surface area contributed by atoms with Crippen LogP contribution in [-0.2, 0) is 20.9 Å². The maximum absolute atomic E-state index is 13.5. The molecule has 13 heteroatoms. The Morgan fingerprint density at radius 3 is 2.28 bits per heavy atom. The molecule has 0 fully saturated rings. The molecule has 0 aliphatic heterocycles. The molecule has 1 amide bonds. The predicted octanol–water partition coefficient (Wildman–Crippen LogP) is 4.34. The highest BCUT2D eigenvalue weighted by Gasteiger charge is 2.49. The summed E-state index contributed by atoms with van der Waals surface area (Å²) in [7, 11) is -4.67. The number of sulfone groups is 1. The van der Waals surface area contributed by atoms with Gasteiger partial charge in [0, 0.05) is 18.8 Å². The van der Waals surface area contributed by atoms with Gasteiger partial charge in [0.1, 0.15) is 0 Å². The number of rotatable bonds is 7. The Bertz CT molecular complexity index is 1050. The van der Waals surface area contributed by atoms with Crippen molar-refractivity contribution in [1.29, 1.82) is 0 Å². The number of amides is 1. The first-order valence-electron chi connectivity index (χ1n) is 8.90. The average molecular weight is 484 g/mol. The van der Waals surface area contributed by atoms with E-state index < -0.39 is 55.8 Å². The van der Waals surface area contributed by atoms with E-state index in [-0.39, 0.29) is 5.56 Å². The average Bonchev–Trinajstić information content (AvgIpc) is 2.70. The van der Waals surface area contributed by atoms with Crippen LogP contribution in [0.2, 0.25) is 0 Å². The summed E-state index contributed by atoms with van der Waals surface area (Å²) in [6, 6.07) is 5.32. The topological polar surface area (TPSA) is 85.4 Å². The summed E-state index contributed by atoms with van der Waals surface area (Å²) < 4.78 is 103. The summed E-state index contributed by atoms with van der Waals surface area (Å²) in [5.74, 6) is -1.05. The van der Waals surface area contributed by atoms with Gasteiger partial charge in [-0.25, -0.2) is 13.9 Å². The third-order valence-corrected chi connectivity index (χ3v) is 6.95. The zero-order valence-electron chi connectivity index (χ0n) is 16.7. The molecule has 1 aromatic heterocycles. The number of hydrogen-bond donors (Lipinski definition) is 1. The van der Waals surface area contributed by atoms with Crippen LogP contribution in [0.1, 0.15) is 36.2 Å². The van der Waals surface area contributed by atoms with Gasteiger partial charge in [-0.3, -0.25) is 14.6 Å². The van der Waals surface area contributed by atoms with Crippen LogP contribution >= 0.6 is 0 Å². The fourth-order valence-corrected chi connectivity index (χ4v) is 4.17. The van der Waals surface area contributed by atoms with Crippen LogP contribution in [0, 0.1) is 0 Å². The minimum absolute atomic E-state index is 0.107. The number of halogens is 6. The van der Waals surface area contributed by atoms with Crippen molar-refractivity contribution in [3.63, 3.8) is 0 Å². The van der Waals surface area contributed by atoms with Gasteiger partial charge in [0.15, 0.2) is 15.9 Å². The summed E-state index contributed by atoms with van der Waals surface area (Å²) in [4.78, 5) is 19.2. The van der Waals surface area contributed by atoms with Crippen LogP contribution in [0.3, 0.4) is 0 Å². The fourth-order valence-electron chi connectivity index (χ4n) is 2.62. The number of pyridine rings is 1. The van der Waals surface area contributed by atoms with Gasteiger partial charge in [-0.2, -0.15) is 26.3 Å². The summed E-state index contributed by atoms with van der Waals surface area (Å²) >= 11 is 0.